The number of hydrogen-bond acceptors (Lipinski definition) is 6. The number of anilines is 1. The molecule has 14 heteroatoms. The summed E-state index contributed by atoms with van der Waals surface area (Å²) in [6.45, 7) is 0. The molecule has 0 unspecified atom stereocenters. The third-order valence-electron chi connectivity index (χ3n) is 3.97. The Morgan fingerprint density at radius 1 is 1.18 bits per heavy atom. The molecule has 0 aliphatic heterocycles. The molecule has 0 bridgehead atoms. The van der Waals surface area contributed by atoms with Crippen molar-refractivity contribution in [1.82, 2.24) is 5.43 Å². The van der Waals surface area contributed by atoms with Crippen molar-refractivity contribution in [3.8, 4) is 0 Å². The number of hydrogen-bond donors (Lipinski definition) is 2. The van der Waals surface area contributed by atoms with Crippen molar-refractivity contribution in [2.45, 2.75) is 17.4 Å². The predicted octanol–water partition coefficient (Wildman–Crippen LogP) is 3.96. The maximum absolute atomic E-state index is 12.9. The summed E-state index contributed by atoms with van der Waals surface area (Å²) in [6.07, 6.45) is -1.57. The van der Waals surface area contributed by atoms with E-state index in [0.717, 1.165) is 0 Å². The van der Waals surface area contributed by atoms with Crippen LogP contribution in [0.3, 0.4) is 0 Å². The first-order valence-corrected chi connectivity index (χ1v) is 8.35. The van der Waals surface area contributed by atoms with Gasteiger partial charge in [-0.05, 0) is 6.42 Å². The summed E-state index contributed by atoms with van der Waals surface area (Å²) in [6, 6.07) is 0.268. The van der Waals surface area contributed by atoms with Crippen LogP contribution < -0.4 is 10.9 Å². The lowest BCUT2D eigenvalue weighted by atomic mass is 9.96. The number of carbonyl (C=O) groups is 1. The van der Waals surface area contributed by atoms with Crippen LogP contribution >= 0.6 is 23.2 Å². The van der Waals surface area contributed by atoms with Gasteiger partial charge in [0.1, 0.15) is 4.84 Å². The maximum Gasteiger partial charge on any atom is 0.416 e. The molecule has 0 saturated heterocycles. The number of nitrogens with zero attached hydrogens (tertiary/aromatic N) is 2. The zero-order valence-electron chi connectivity index (χ0n) is 13.6. The summed E-state index contributed by atoms with van der Waals surface area (Å²) < 4.78 is 38.6. The zero-order valence-corrected chi connectivity index (χ0v) is 15.1. The van der Waals surface area contributed by atoms with Crippen molar-refractivity contribution in [2.24, 2.45) is 11.8 Å². The van der Waals surface area contributed by atoms with Gasteiger partial charge in [-0.1, -0.05) is 12.2 Å². The van der Waals surface area contributed by atoms with Crippen LogP contribution in [0, 0.1) is 32.1 Å². The predicted molar refractivity (Wildman–Crippen MR) is 92.7 cm³/mol. The van der Waals surface area contributed by atoms with Crippen LogP contribution in [0.4, 0.5) is 30.2 Å². The van der Waals surface area contributed by atoms with E-state index < -0.39 is 61.2 Å². The molecule has 1 aromatic rings. The van der Waals surface area contributed by atoms with Gasteiger partial charge in [0.15, 0.2) is 0 Å². The van der Waals surface area contributed by atoms with Gasteiger partial charge in [0.2, 0.25) is 11.6 Å². The van der Waals surface area contributed by atoms with Gasteiger partial charge in [-0.2, -0.15) is 13.2 Å². The topological polar surface area (TPSA) is 127 Å². The van der Waals surface area contributed by atoms with Crippen molar-refractivity contribution in [3.05, 3.63) is 50.1 Å². The molecule has 0 heterocycles. The molecule has 2 N–H and O–H groups in total. The molecule has 1 aliphatic rings. The number of allylic oxidation sites excluding steroid dienone is 2. The normalized spacial score (nSPS) is 18.9. The molecule has 0 saturated carbocycles. The number of hydrazine groups is 1. The van der Waals surface area contributed by atoms with Crippen LogP contribution in [0.1, 0.15) is 12.0 Å². The molecule has 2 rings (SSSR count). The van der Waals surface area contributed by atoms with Crippen LogP contribution in [0.15, 0.2) is 24.3 Å². The number of amides is 1. The number of rotatable bonds is 6. The van der Waals surface area contributed by atoms with Gasteiger partial charge < -0.3 is 0 Å². The summed E-state index contributed by atoms with van der Waals surface area (Å²) in [7, 11) is 0. The van der Waals surface area contributed by atoms with Crippen molar-refractivity contribution in [3.63, 3.8) is 0 Å². The fraction of sp³-hybridized carbons (Fsp3) is 0.357. The van der Waals surface area contributed by atoms with Gasteiger partial charge in [0.05, 0.1) is 21.3 Å². The fourth-order valence-corrected chi connectivity index (χ4v) is 3.14. The van der Waals surface area contributed by atoms with E-state index in [0.29, 0.717) is 0 Å². The molecular weight excluding hydrogens is 432 g/mol. The van der Waals surface area contributed by atoms with Crippen molar-refractivity contribution < 1.29 is 27.8 Å². The van der Waals surface area contributed by atoms with Crippen molar-refractivity contribution in [2.75, 3.05) is 5.43 Å². The van der Waals surface area contributed by atoms with Gasteiger partial charge in [-0.15, -0.1) is 23.2 Å². The number of carbonyl (C=O) groups excluding carboxylic acids is 1. The third-order valence-corrected chi connectivity index (χ3v) is 4.55. The van der Waals surface area contributed by atoms with E-state index in [4.69, 9.17) is 23.2 Å². The summed E-state index contributed by atoms with van der Waals surface area (Å²) in [4.78, 5) is 31.2. The maximum atomic E-state index is 12.9. The highest BCUT2D eigenvalue weighted by molar-refractivity contribution is 6.44. The van der Waals surface area contributed by atoms with Gasteiger partial charge >= 0.3 is 17.6 Å². The minimum absolute atomic E-state index is 0.134. The second kappa shape index (κ2) is 8.19. The van der Waals surface area contributed by atoms with Crippen LogP contribution in [0.5, 0.6) is 0 Å². The Balaban J connectivity index is 2.35. The average Bonchev–Trinajstić information content (AvgIpc) is 3.07. The van der Waals surface area contributed by atoms with Crippen LogP contribution in [-0.4, -0.2) is 20.6 Å². The zero-order chi connectivity index (χ0) is 21.2. The number of nitrogens with one attached hydrogen (secondary N) is 2. The molecular formula is C14H11Cl2F3N4O5. The first kappa shape index (κ1) is 21.7. The lowest BCUT2D eigenvalue weighted by Crippen LogP contribution is -2.38. The summed E-state index contributed by atoms with van der Waals surface area (Å²) in [5.41, 5.74) is -0.890. The molecule has 28 heavy (non-hydrogen) atoms. The second-order valence-electron chi connectivity index (χ2n) is 5.70. The Hall–Kier alpha value is -2.60. The Kier molecular flexibility index (Phi) is 6.34. The monoisotopic (exact) mass is 442 g/mol. The minimum Gasteiger partial charge on any atom is -0.286 e. The van der Waals surface area contributed by atoms with Crippen molar-refractivity contribution >= 4 is 46.2 Å². The van der Waals surface area contributed by atoms with Gasteiger partial charge in [0, 0.05) is 18.1 Å². The molecule has 0 spiro atoms. The van der Waals surface area contributed by atoms with Crippen LogP contribution in [0.25, 0.3) is 0 Å². The summed E-state index contributed by atoms with van der Waals surface area (Å²) in [5.74, 6) is -2.08. The average molecular weight is 443 g/mol. The second-order valence-corrected chi connectivity index (χ2v) is 6.86. The van der Waals surface area contributed by atoms with E-state index >= 15 is 0 Å². The largest absolute Gasteiger partial charge is 0.416 e. The molecule has 1 aromatic carbocycles. The highest BCUT2D eigenvalue weighted by Gasteiger charge is 2.38. The fourth-order valence-electron chi connectivity index (χ4n) is 2.62. The Morgan fingerprint density at radius 2 is 1.71 bits per heavy atom. The first-order valence-electron chi connectivity index (χ1n) is 7.48. The van der Waals surface area contributed by atoms with E-state index in [1.807, 2.05) is 10.9 Å². The SMILES string of the molecule is O=C(NNc1c([N+](=O)[O-])cc(C(F)(F)F)cc1[N+](=O)[O-])[C@@H]1CC=C[C@@H]1C(Cl)Cl. The molecule has 1 amide bonds. The Morgan fingerprint density at radius 3 is 2.14 bits per heavy atom. The van der Waals surface area contributed by atoms with E-state index in [2.05, 4.69) is 0 Å². The number of nitro benzene ring substituents is 2. The van der Waals surface area contributed by atoms with Crippen molar-refractivity contribution in [1.29, 1.82) is 0 Å². The molecule has 2 atom stereocenters. The number of nitro groups is 2. The standard InChI is InChI=1S/C14H11Cl2F3N4O5/c15-12(16)7-2-1-3-8(7)13(24)21-20-11-9(22(25)26)4-6(14(17,18)19)5-10(11)23(27)28/h1-2,4-5,7-8,12,20H,3H2,(H,21,24)/t7-,8+/m0/s1. The van der Waals surface area contributed by atoms with Crippen LogP contribution in [0.2, 0.25) is 0 Å². The molecule has 0 radical (unpaired) electrons. The van der Waals surface area contributed by atoms with E-state index in [9.17, 15) is 38.2 Å². The Labute approximate surface area is 164 Å². The van der Waals surface area contributed by atoms with E-state index in [-0.39, 0.29) is 18.6 Å². The lowest BCUT2D eigenvalue weighted by molar-refractivity contribution is -0.392. The lowest BCUT2D eigenvalue weighted by Gasteiger charge is -2.20. The van der Waals surface area contributed by atoms with E-state index in [1.54, 1.807) is 12.2 Å². The summed E-state index contributed by atoms with van der Waals surface area (Å²) in [5, 5.41) is 22.3. The van der Waals surface area contributed by atoms with E-state index in [1.165, 1.54) is 0 Å². The molecule has 152 valence electrons. The van der Waals surface area contributed by atoms with Gasteiger partial charge in [0.25, 0.3) is 0 Å². The molecule has 0 aromatic heterocycles. The minimum atomic E-state index is -5.05. The third kappa shape index (κ3) is 4.62. The smallest absolute Gasteiger partial charge is 0.286 e. The number of alkyl halides is 5. The quantitative estimate of drug-likeness (QED) is 0.297. The van der Waals surface area contributed by atoms with Gasteiger partial charge in [-0.3, -0.25) is 35.9 Å². The Bertz CT molecular complexity index is 812. The molecule has 9 nitrogen and oxygen atoms in total. The summed E-state index contributed by atoms with van der Waals surface area (Å²) >= 11 is 11.5. The van der Waals surface area contributed by atoms with Crippen LogP contribution in [-0.2, 0) is 11.0 Å². The highest BCUT2D eigenvalue weighted by atomic mass is 35.5. The molecule has 0 fully saturated rings. The highest BCUT2D eigenvalue weighted by Crippen LogP contribution is 2.41. The number of benzene rings is 1. The van der Waals surface area contributed by atoms with Gasteiger partial charge in [-0.25, -0.2) is 0 Å². The molecule has 1 aliphatic carbocycles. The first-order chi connectivity index (χ1) is 12.9. The number of halogens is 5.